The lowest BCUT2D eigenvalue weighted by Crippen LogP contribution is -2.34. The molecule has 35 heavy (non-hydrogen) atoms. The van der Waals surface area contributed by atoms with Crippen molar-refractivity contribution in [1.29, 1.82) is 0 Å². The van der Waals surface area contributed by atoms with Gasteiger partial charge in [0, 0.05) is 30.8 Å². The summed E-state index contributed by atoms with van der Waals surface area (Å²) in [6.07, 6.45) is 1.25. The van der Waals surface area contributed by atoms with Crippen LogP contribution in [0.5, 0.6) is 5.75 Å². The lowest BCUT2D eigenvalue weighted by Gasteiger charge is -2.29. The third-order valence-electron chi connectivity index (χ3n) is 5.61. The van der Waals surface area contributed by atoms with Gasteiger partial charge in [-0.15, -0.1) is 0 Å². The van der Waals surface area contributed by atoms with Gasteiger partial charge in [-0.3, -0.25) is 9.69 Å². The molecule has 2 aromatic carbocycles. The van der Waals surface area contributed by atoms with Crippen LogP contribution in [0.2, 0.25) is 5.02 Å². The highest BCUT2D eigenvalue weighted by molar-refractivity contribution is 6.32. The van der Waals surface area contributed by atoms with Crippen molar-refractivity contribution in [2.75, 3.05) is 13.1 Å². The molecular weight excluding hydrogens is 466 g/mol. The van der Waals surface area contributed by atoms with E-state index in [-0.39, 0.29) is 12.1 Å². The summed E-state index contributed by atoms with van der Waals surface area (Å²) in [5, 5.41) is 4.69. The maximum atomic E-state index is 12.1. The van der Waals surface area contributed by atoms with Gasteiger partial charge in [0.2, 0.25) is 5.82 Å². The van der Waals surface area contributed by atoms with Gasteiger partial charge in [0.1, 0.15) is 11.4 Å². The number of carbonyl (C=O) groups is 1. The van der Waals surface area contributed by atoms with Crippen molar-refractivity contribution < 1.29 is 18.8 Å². The SMILES string of the molecule is CC(C)Oc1ccc(-c2noc(-c3cccc4c3CCN(CCC(=O)OC(C)(C)C)C4)n2)cc1Cl. The van der Waals surface area contributed by atoms with Crippen LogP contribution in [-0.4, -0.2) is 45.8 Å². The number of nitrogens with zero attached hydrogens (tertiary/aromatic N) is 3. The average molecular weight is 498 g/mol. The van der Waals surface area contributed by atoms with E-state index in [2.05, 4.69) is 21.1 Å². The maximum absolute atomic E-state index is 12.1. The van der Waals surface area contributed by atoms with E-state index < -0.39 is 5.60 Å². The topological polar surface area (TPSA) is 77.7 Å². The minimum atomic E-state index is -0.460. The Morgan fingerprint density at radius 3 is 2.74 bits per heavy atom. The summed E-state index contributed by atoms with van der Waals surface area (Å²) >= 11 is 6.39. The van der Waals surface area contributed by atoms with Gasteiger partial charge in [0.25, 0.3) is 5.89 Å². The first-order valence-corrected chi connectivity index (χ1v) is 12.3. The predicted octanol–water partition coefficient (Wildman–Crippen LogP) is 5.93. The van der Waals surface area contributed by atoms with Gasteiger partial charge in [-0.25, -0.2) is 0 Å². The Labute approximate surface area is 211 Å². The summed E-state index contributed by atoms with van der Waals surface area (Å²) in [6, 6.07) is 11.6. The van der Waals surface area contributed by atoms with Crippen molar-refractivity contribution >= 4 is 17.6 Å². The molecule has 8 heteroatoms. The molecule has 0 unspecified atom stereocenters. The normalized spacial score (nSPS) is 14.1. The quantitative estimate of drug-likeness (QED) is 0.374. The van der Waals surface area contributed by atoms with Gasteiger partial charge in [-0.1, -0.05) is 28.9 Å². The molecule has 0 fully saturated rings. The van der Waals surface area contributed by atoms with Gasteiger partial charge in [0.05, 0.1) is 17.5 Å². The number of ether oxygens (including phenoxy) is 2. The second-order valence-electron chi connectivity index (χ2n) is 10.0. The molecule has 0 N–H and O–H groups in total. The molecule has 0 radical (unpaired) electrons. The molecule has 0 amide bonds. The molecule has 2 heterocycles. The summed E-state index contributed by atoms with van der Waals surface area (Å²) in [5.74, 6) is 1.42. The van der Waals surface area contributed by atoms with E-state index in [0.717, 1.165) is 30.6 Å². The second kappa shape index (κ2) is 10.4. The zero-order valence-corrected chi connectivity index (χ0v) is 21.7. The molecule has 0 spiro atoms. The predicted molar refractivity (Wildman–Crippen MR) is 135 cm³/mol. The van der Waals surface area contributed by atoms with Crippen LogP contribution in [0.3, 0.4) is 0 Å². The zero-order chi connectivity index (χ0) is 25.2. The molecule has 7 nitrogen and oxygen atoms in total. The minimum Gasteiger partial charge on any atom is -0.489 e. The van der Waals surface area contributed by atoms with E-state index in [1.165, 1.54) is 11.1 Å². The van der Waals surface area contributed by atoms with E-state index >= 15 is 0 Å². The van der Waals surface area contributed by atoms with Crippen LogP contribution in [0, 0.1) is 0 Å². The van der Waals surface area contributed by atoms with Crippen LogP contribution in [0.25, 0.3) is 22.8 Å². The highest BCUT2D eigenvalue weighted by atomic mass is 35.5. The molecule has 3 aromatic rings. The van der Waals surface area contributed by atoms with Crippen LogP contribution in [0.4, 0.5) is 0 Å². The molecule has 4 rings (SSSR count). The number of esters is 1. The van der Waals surface area contributed by atoms with Crippen molar-refractivity contribution in [3.05, 3.63) is 52.5 Å². The number of halogens is 1. The number of hydrogen-bond donors (Lipinski definition) is 0. The molecule has 0 aliphatic carbocycles. The molecule has 0 bridgehead atoms. The van der Waals surface area contributed by atoms with E-state index in [0.29, 0.717) is 35.5 Å². The van der Waals surface area contributed by atoms with Crippen molar-refractivity contribution in [1.82, 2.24) is 15.0 Å². The first-order valence-electron chi connectivity index (χ1n) is 11.9. The number of benzene rings is 2. The highest BCUT2D eigenvalue weighted by Crippen LogP contribution is 2.33. The largest absolute Gasteiger partial charge is 0.489 e. The number of fused-ring (bicyclic) bond motifs is 1. The number of hydrogen-bond acceptors (Lipinski definition) is 7. The molecule has 1 aliphatic rings. The molecule has 1 aliphatic heterocycles. The van der Waals surface area contributed by atoms with E-state index in [4.69, 9.17) is 25.6 Å². The number of rotatable bonds is 7. The van der Waals surface area contributed by atoms with Crippen molar-refractivity contribution in [2.45, 2.75) is 65.7 Å². The molecule has 186 valence electrons. The summed E-state index contributed by atoms with van der Waals surface area (Å²) in [5.41, 5.74) is 3.66. The van der Waals surface area contributed by atoms with Crippen LogP contribution in [-0.2, 0) is 22.5 Å². The van der Waals surface area contributed by atoms with E-state index in [1.54, 1.807) is 6.07 Å². The Bertz CT molecular complexity index is 1200. The van der Waals surface area contributed by atoms with Crippen LogP contribution >= 0.6 is 11.6 Å². The fraction of sp³-hybridized carbons (Fsp3) is 0.444. The Hall–Kier alpha value is -2.90. The Kier molecular flexibility index (Phi) is 7.47. The number of carbonyl (C=O) groups excluding carboxylic acids is 1. The second-order valence-corrected chi connectivity index (χ2v) is 10.4. The van der Waals surface area contributed by atoms with E-state index in [9.17, 15) is 4.79 Å². The number of aromatic nitrogens is 2. The molecule has 0 saturated heterocycles. The lowest BCUT2D eigenvalue weighted by molar-refractivity contribution is -0.155. The lowest BCUT2D eigenvalue weighted by atomic mass is 9.94. The molecular formula is C27H32ClN3O4. The summed E-state index contributed by atoms with van der Waals surface area (Å²) in [7, 11) is 0. The Morgan fingerprint density at radius 1 is 1.23 bits per heavy atom. The summed E-state index contributed by atoms with van der Waals surface area (Å²) < 4.78 is 16.8. The van der Waals surface area contributed by atoms with Crippen molar-refractivity contribution in [3.8, 4) is 28.6 Å². The molecule has 0 atom stereocenters. The zero-order valence-electron chi connectivity index (χ0n) is 20.9. The summed E-state index contributed by atoms with van der Waals surface area (Å²) in [4.78, 5) is 19.0. The first kappa shape index (κ1) is 25.2. The van der Waals surface area contributed by atoms with Crippen LogP contribution < -0.4 is 4.74 Å². The third kappa shape index (κ3) is 6.41. The first-order chi connectivity index (χ1) is 16.6. The molecule has 0 saturated carbocycles. The van der Waals surface area contributed by atoms with Crippen molar-refractivity contribution in [3.63, 3.8) is 0 Å². The summed E-state index contributed by atoms with van der Waals surface area (Å²) in [6.45, 7) is 11.8. The Morgan fingerprint density at radius 2 is 2.03 bits per heavy atom. The monoisotopic (exact) mass is 497 g/mol. The third-order valence-corrected chi connectivity index (χ3v) is 5.90. The van der Waals surface area contributed by atoms with Crippen molar-refractivity contribution in [2.24, 2.45) is 0 Å². The van der Waals surface area contributed by atoms with Crippen LogP contribution in [0.15, 0.2) is 40.9 Å². The van der Waals surface area contributed by atoms with Gasteiger partial charge in [-0.2, -0.15) is 4.98 Å². The van der Waals surface area contributed by atoms with E-state index in [1.807, 2.05) is 58.9 Å². The fourth-order valence-corrected chi connectivity index (χ4v) is 4.37. The van der Waals surface area contributed by atoms with Gasteiger partial charge < -0.3 is 14.0 Å². The van der Waals surface area contributed by atoms with Crippen LogP contribution in [0.1, 0.15) is 52.2 Å². The minimum absolute atomic E-state index is 0.0348. The van der Waals surface area contributed by atoms with Gasteiger partial charge in [0.15, 0.2) is 0 Å². The average Bonchev–Trinajstić information content (AvgIpc) is 3.27. The van der Waals surface area contributed by atoms with Gasteiger partial charge in [-0.05, 0) is 76.4 Å². The maximum Gasteiger partial charge on any atom is 0.307 e. The molecule has 1 aromatic heterocycles. The standard InChI is InChI=1S/C27H32ClN3O4/c1-17(2)33-23-10-9-18(15-22(23)28)25-29-26(35-30-25)21-8-6-7-19-16-31(13-11-20(19)21)14-12-24(32)34-27(3,4)5/h6-10,15,17H,11-14,16H2,1-5H3. The fourth-order valence-electron chi connectivity index (χ4n) is 4.14. The van der Waals surface area contributed by atoms with Gasteiger partial charge >= 0.3 is 5.97 Å². The Balaban J connectivity index is 1.47. The highest BCUT2D eigenvalue weighted by Gasteiger charge is 2.24. The smallest absolute Gasteiger partial charge is 0.307 e.